The molecule has 7 heteroatoms. The Kier molecular flexibility index (Phi) is 6.23. The van der Waals surface area contributed by atoms with Crippen molar-refractivity contribution in [1.29, 1.82) is 0 Å². The van der Waals surface area contributed by atoms with Gasteiger partial charge in [0.25, 0.3) is 0 Å². The minimum absolute atomic E-state index is 0.0838. The molecule has 0 bridgehead atoms. The van der Waals surface area contributed by atoms with Gasteiger partial charge >= 0.3 is 0 Å². The Morgan fingerprint density at radius 1 is 1.06 bits per heavy atom. The number of Topliss-reactive ketones (excluding diaryl/α,β-unsaturated/α-hetero) is 1. The number of amides is 1. The van der Waals surface area contributed by atoms with Crippen molar-refractivity contribution in [1.82, 2.24) is 4.90 Å². The molecule has 1 N–H and O–H groups in total. The lowest BCUT2D eigenvalue weighted by molar-refractivity contribution is -0.121. The number of ether oxygens (including phenoxy) is 2. The Labute approximate surface area is 181 Å². The number of hydrogen-bond acceptors (Lipinski definition) is 5. The standard InChI is InChI=1S/C24H27FN2O4/c1-15-3-5-19(25)14-20(15)26-24(29)16(2)27-9-7-17(8-10-27)23(28)18-4-6-21-22(13-18)31-12-11-30-21/h3-6,13-14,16-17H,7-12H2,1-2H3,(H,26,29)/t16-/m1/s1. The van der Waals surface area contributed by atoms with Crippen LogP contribution in [0.15, 0.2) is 36.4 Å². The normalized spacial score (nSPS) is 17.8. The summed E-state index contributed by atoms with van der Waals surface area (Å²) in [5, 5.41) is 2.82. The second-order valence-corrected chi connectivity index (χ2v) is 8.16. The van der Waals surface area contributed by atoms with Gasteiger partial charge in [0.05, 0.1) is 6.04 Å². The largest absolute Gasteiger partial charge is 0.486 e. The van der Waals surface area contributed by atoms with Crippen LogP contribution in [0.1, 0.15) is 35.7 Å². The van der Waals surface area contributed by atoms with E-state index in [1.807, 2.05) is 13.8 Å². The molecule has 1 atom stereocenters. The summed E-state index contributed by atoms with van der Waals surface area (Å²) in [6.07, 6.45) is 1.37. The number of aryl methyl sites for hydroxylation is 1. The Balaban J connectivity index is 1.34. The maximum atomic E-state index is 13.5. The first-order valence-electron chi connectivity index (χ1n) is 10.7. The van der Waals surface area contributed by atoms with Crippen molar-refractivity contribution in [3.8, 4) is 11.5 Å². The van der Waals surface area contributed by atoms with E-state index in [1.165, 1.54) is 12.1 Å². The van der Waals surface area contributed by atoms with E-state index in [4.69, 9.17) is 9.47 Å². The molecule has 4 rings (SSSR count). The van der Waals surface area contributed by atoms with Crippen LogP contribution >= 0.6 is 0 Å². The number of hydrogen-bond donors (Lipinski definition) is 1. The predicted molar refractivity (Wildman–Crippen MR) is 115 cm³/mol. The Hall–Kier alpha value is -2.93. The van der Waals surface area contributed by atoms with E-state index < -0.39 is 0 Å². The highest BCUT2D eigenvalue weighted by atomic mass is 19.1. The zero-order chi connectivity index (χ0) is 22.0. The van der Waals surface area contributed by atoms with Gasteiger partial charge in [-0.1, -0.05) is 6.07 Å². The molecule has 31 heavy (non-hydrogen) atoms. The van der Waals surface area contributed by atoms with Gasteiger partial charge in [-0.25, -0.2) is 4.39 Å². The van der Waals surface area contributed by atoms with Gasteiger partial charge in [-0.3, -0.25) is 14.5 Å². The average molecular weight is 426 g/mol. The van der Waals surface area contributed by atoms with Gasteiger partial charge < -0.3 is 14.8 Å². The topological polar surface area (TPSA) is 67.9 Å². The van der Waals surface area contributed by atoms with E-state index in [0.717, 1.165) is 5.56 Å². The molecule has 2 aliphatic rings. The van der Waals surface area contributed by atoms with Crippen LogP contribution in [-0.2, 0) is 4.79 Å². The molecule has 1 saturated heterocycles. The molecule has 0 saturated carbocycles. The summed E-state index contributed by atoms with van der Waals surface area (Å²) >= 11 is 0. The highest BCUT2D eigenvalue weighted by Gasteiger charge is 2.31. The van der Waals surface area contributed by atoms with Crippen LogP contribution in [-0.4, -0.2) is 48.9 Å². The second-order valence-electron chi connectivity index (χ2n) is 8.16. The molecule has 2 aromatic carbocycles. The number of anilines is 1. The molecule has 2 aliphatic heterocycles. The minimum atomic E-state index is -0.382. The fraction of sp³-hybridized carbons (Fsp3) is 0.417. The second kappa shape index (κ2) is 9.06. The van der Waals surface area contributed by atoms with Crippen molar-refractivity contribution in [3.05, 3.63) is 53.3 Å². The van der Waals surface area contributed by atoms with Gasteiger partial charge in [0.1, 0.15) is 19.0 Å². The first kappa shape index (κ1) is 21.3. The Morgan fingerprint density at radius 3 is 2.52 bits per heavy atom. The molecule has 6 nitrogen and oxygen atoms in total. The molecule has 0 aromatic heterocycles. The van der Waals surface area contributed by atoms with Crippen LogP contribution in [0.2, 0.25) is 0 Å². The molecule has 1 fully saturated rings. The third kappa shape index (κ3) is 4.71. The van der Waals surface area contributed by atoms with Gasteiger partial charge in [-0.15, -0.1) is 0 Å². The highest BCUT2D eigenvalue weighted by Crippen LogP contribution is 2.32. The maximum absolute atomic E-state index is 13.5. The highest BCUT2D eigenvalue weighted by molar-refractivity contribution is 5.98. The number of benzene rings is 2. The van der Waals surface area contributed by atoms with Crippen molar-refractivity contribution in [3.63, 3.8) is 0 Å². The third-order valence-electron chi connectivity index (χ3n) is 6.11. The lowest BCUT2D eigenvalue weighted by Crippen LogP contribution is -2.47. The van der Waals surface area contributed by atoms with E-state index in [-0.39, 0.29) is 29.5 Å². The summed E-state index contributed by atoms with van der Waals surface area (Å²) in [5.74, 6) is 0.749. The molecule has 164 valence electrons. The summed E-state index contributed by atoms with van der Waals surface area (Å²) in [6.45, 7) is 5.97. The van der Waals surface area contributed by atoms with Gasteiger partial charge in [-0.05, 0) is 75.7 Å². The number of piperidine rings is 1. The fourth-order valence-corrected chi connectivity index (χ4v) is 4.11. The van der Waals surface area contributed by atoms with Crippen LogP contribution in [0.4, 0.5) is 10.1 Å². The van der Waals surface area contributed by atoms with Gasteiger partial charge in [0.15, 0.2) is 17.3 Å². The van der Waals surface area contributed by atoms with E-state index in [1.54, 1.807) is 24.3 Å². The zero-order valence-electron chi connectivity index (χ0n) is 17.8. The van der Waals surface area contributed by atoms with Crippen LogP contribution < -0.4 is 14.8 Å². The van der Waals surface area contributed by atoms with Crippen LogP contribution in [0.25, 0.3) is 0 Å². The van der Waals surface area contributed by atoms with Crippen LogP contribution in [0.3, 0.4) is 0 Å². The molecule has 1 amide bonds. The number of ketones is 1. The summed E-state index contributed by atoms with van der Waals surface area (Å²) < 4.78 is 24.6. The molecule has 0 spiro atoms. The summed E-state index contributed by atoms with van der Waals surface area (Å²) in [6, 6.07) is 9.33. The third-order valence-corrected chi connectivity index (χ3v) is 6.11. The smallest absolute Gasteiger partial charge is 0.241 e. The number of fused-ring (bicyclic) bond motifs is 1. The summed E-state index contributed by atoms with van der Waals surface area (Å²) in [7, 11) is 0. The lowest BCUT2D eigenvalue weighted by atomic mass is 9.88. The molecule has 2 aromatic rings. The van der Waals surface area contributed by atoms with Gasteiger partial charge in [0, 0.05) is 17.2 Å². The zero-order valence-corrected chi connectivity index (χ0v) is 17.8. The number of carbonyl (C=O) groups excluding carboxylic acids is 2. The Morgan fingerprint density at radius 2 is 1.77 bits per heavy atom. The van der Waals surface area contributed by atoms with Crippen LogP contribution in [0, 0.1) is 18.7 Å². The number of halogens is 1. The fourth-order valence-electron chi connectivity index (χ4n) is 4.11. The molecule has 2 heterocycles. The number of likely N-dealkylation sites (tertiary alicyclic amines) is 1. The molecule has 0 unspecified atom stereocenters. The summed E-state index contributed by atoms with van der Waals surface area (Å²) in [4.78, 5) is 27.7. The number of carbonyl (C=O) groups is 2. The number of nitrogens with zero attached hydrogens (tertiary/aromatic N) is 1. The first-order chi connectivity index (χ1) is 14.9. The van der Waals surface area contributed by atoms with Crippen molar-refractivity contribution in [2.45, 2.75) is 32.7 Å². The minimum Gasteiger partial charge on any atom is -0.486 e. The molecule has 0 aliphatic carbocycles. The van der Waals surface area contributed by atoms with Crippen molar-refractivity contribution in [2.24, 2.45) is 5.92 Å². The Bertz CT molecular complexity index is 986. The first-order valence-corrected chi connectivity index (χ1v) is 10.7. The van der Waals surface area contributed by atoms with Gasteiger partial charge in [0.2, 0.25) is 5.91 Å². The predicted octanol–water partition coefficient (Wildman–Crippen LogP) is 3.83. The molecule has 0 radical (unpaired) electrons. The number of rotatable bonds is 5. The van der Waals surface area contributed by atoms with E-state index in [0.29, 0.717) is 61.9 Å². The quantitative estimate of drug-likeness (QED) is 0.736. The number of nitrogens with one attached hydrogen (secondary N) is 1. The van der Waals surface area contributed by atoms with E-state index in [2.05, 4.69) is 10.2 Å². The van der Waals surface area contributed by atoms with E-state index in [9.17, 15) is 14.0 Å². The lowest BCUT2D eigenvalue weighted by Gasteiger charge is -2.35. The molecular formula is C24H27FN2O4. The van der Waals surface area contributed by atoms with Crippen LogP contribution in [0.5, 0.6) is 11.5 Å². The van der Waals surface area contributed by atoms with E-state index >= 15 is 0 Å². The molecular weight excluding hydrogens is 399 g/mol. The van der Waals surface area contributed by atoms with Crippen molar-refractivity contribution < 1.29 is 23.5 Å². The maximum Gasteiger partial charge on any atom is 0.241 e. The summed E-state index contributed by atoms with van der Waals surface area (Å²) in [5.41, 5.74) is 1.93. The monoisotopic (exact) mass is 426 g/mol. The van der Waals surface area contributed by atoms with Gasteiger partial charge in [-0.2, -0.15) is 0 Å². The van der Waals surface area contributed by atoms with Crippen molar-refractivity contribution in [2.75, 3.05) is 31.6 Å². The SMILES string of the molecule is Cc1ccc(F)cc1NC(=O)[C@@H](C)N1CCC(C(=O)c2ccc3c(c2)OCCO3)CC1. The average Bonchev–Trinajstić information content (AvgIpc) is 2.80. The van der Waals surface area contributed by atoms with Crippen molar-refractivity contribution >= 4 is 17.4 Å².